The van der Waals surface area contributed by atoms with E-state index < -0.39 is 0 Å². The van der Waals surface area contributed by atoms with Crippen LogP contribution in [0.5, 0.6) is 0 Å². The van der Waals surface area contributed by atoms with E-state index in [1.165, 1.54) is 48.0 Å². The maximum atomic E-state index is 4.94. The van der Waals surface area contributed by atoms with Gasteiger partial charge in [-0.1, -0.05) is 18.9 Å². The summed E-state index contributed by atoms with van der Waals surface area (Å²) in [6.07, 6.45) is 5.25. The zero-order chi connectivity index (χ0) is 13.4. The first kappa shape index (κ1) is 12.9. The third kappa shape index (κ3) is 2.25. The van der Waals surface area contributed by atoms with Gasteiger partial charge in [0.15, 0.2) is 0 Å². The first-order valence-corrected chi connectivity index (χ1v) is 7.77. The van der Waals surface area contributed by atoms with Crippen molar-refractivity contribution in [3.63, 3.8) is 0 Å². The monoisotopic (exact) mass is 318 g/mol. The van der Waals surface area contributed by atoms with Crippen molar-refractivity contribution in [2.24, 2.45) is 0 Å². The van der Waals surface area contributed by atoms with Crippen LogP contribution < -0.4 is 5.32 Å². The van der Waals surface area contributed by atoms with Crippen molar-refractivity contribution in [2.45, 2.75) is 38.5 Å². The highest BCUT2D eigenvalue weighted by atomic mass is 79.9. The number of halogens is 1. The third-order valence-corrected chi connectivity index (χ3v) is 4.82. The molecule has 0 amide bonds. The van der Waals surface area contributed by atoms with E-state index in [-0.39, 0.29) is 0 Å². The minimum atomic E-state index is 0.643. The molecule has 0 aliphatic heterocycles. The Morgan fingerprint density at radius 3 is 2.68 bits per heavy atom. The molecule has 1 aliphatic carbocycles. The van der Waals surface area contributed by atoms with Crippen molar-refractivity contribution in [2.75, 3.05) is 12.4 Å². The van der Waals surface area contributed by atoms with Crippen LogP contribution in [0, 0.1) is 6.92 Å². The van der Waals surface area contributed by atoms with Gasteiger partial charge in [-0.05, 0) is 53.4 Å². The van der Waals surface area contributed by atoms with E-state index in [1.54, 1.807) is 0 Å². The summed E-state index contributed by atoms with van der Waals surface area (Å²) < 4.78 is 1.09. The van der Waals surface area contributed by atoms with Gasteiger partial charge in [-0.25, -0.2) is 0 Å². The van der Waals surface area contributed by atoms with Crippen molar-refractivity contribution in [1.29, 1.82) is 0 Å². The van der Waals surface area contributed by atoms with E-state index in [1.807, 2.05) is 7.05 Å². The molecular weight excluding hydrogens is 300 g/mol. The molecule has 19 heavy (non-hydrogen) atoms. The molecule has 2 aromatic rings. The molecule has 1 saturated carbocycles. The summed E-state index contributed by atoms with van der Waals surface area (Å²) in [5.74, 6) is 0.643. The van der Waals surface area contributed by atoms with Gasteiger partial charge in [0.1, 0.15) is 0 Å². The van der Waals surface area contributed by atoms with Crippen LogP contribution in [0.1, 0.15) is 42.9 Å². The fraction of sp³-hybridized carbons (Fsp3) is 0.438. The molecule has 0 bridgehead atoms. The number of fused-ring (bicyclic) bond motifs is 1. The highest BCUT2D eigenvalue weighted by molar-refractivity contribution is 9.10. The molecule has 0 radical (unpaired) electrons. The molecule has 0 saturated heterocycles. The topological polar surface area (TPSA) is 24.9 Å². The van der Waals surface area contributed by atoms with Gasteiger partial charge in [0.25, 0.3) is 0 Å². The predicted octanol–water partition coefficient (Wildman–Crippen LogP) is 5.01. The molecule has 1 fully saturated rings. The lowest BCUT2D eigenvalue weighted by atomic mass is 10.00. The van der Waals surface area contributed by atoms with E-state index in [0.717, 1.165) is 9.99 Å². The van der Waals surface area contributed by atoms with Crippen LogP contribution in [0.25, 0.3) is 10.9 Å². The van der Waals surface area contributed by atoms with Gasteiger partial charge in [0.05, 0.1) is 5.52 Å². The number of benzene rings is 1. The second kappa shape index (κ2) is 5.12. The number of hydrogen-bond acceptors (Lipinski definition) is 2. The number of pyridine rings is 1. The molecule has 1 aliphatic rings. The lowest BCUT2D eigenvalue weighted by Gasteiger charge is -2.15. The molecule has 3 rings (SSSR count). The maximum Gasteiger partial charge on any atom is 0.0870 e. The fourth-order valence-electron chi connectivity index (χ4n) is 3.13. The minimum absolute atomic E-state index is 0.643. The van der Waals surface area contributed by atoms with Gasteiger partial charge in [-0.3, -0.25) is 4.98 Å². The Morgan fingerprint density at radius 2 is 2.00 bits per heavy atom. The van der Waals surface area contributed by atoms with Crippen LogP contribution in [0.15, 0.2) is 22.7 Å². The van der Waals surface area contributed by atoms with E-state index in [0.29, 0.717) is 5.92 Å². The SMILES string of the molecule is CNc1cc(C2CCCC2)nc2c(Br)ccc(C)c12. The van der Waals surface area contributed by atoms with Gasteiger partial charge < -0.3 is 5.32 Å². The summed E-state index contributed by atoms with van der Waals surface area (Å²) in [6, 6.07) is 6.49. The third-order valence-electron chi connectivity index (χ3n) is 4.18. The fourth-order valence-corrected chi connectivity index (χ4v) is 3.54. The number of nitrogens with zero attached hydrogens (tertiary/aromatic N) is 1. The minimum Gasteiger partial charge on any atom is -0.388 e. The van der Waals surface area contributed by atoms with Crippen molar-refractivity contribution in [3.8, 4) is 0 Å². The van der Waals surface area contributed by atoms with Crippen molar-refractivity contribution >= 4 is 32.5 Å². The molecule has 1 heterocycles. The van der Waals surface area contributed by atoms with Crippen LogP contribution in [-0.4, -0.2) is 12.0 Å². The van der Waals surface area contributed by atoms with Gasteiger partial charge >= 0.3 is 0 Å². The van der Waals surface area contributed by atoms with Crippen molar-refractivity contribution in [1.82, 2.24) is 4.98 Å². The van der Waals surface area contributed by atoms with Crippen molar-refractivity contribution < 1.29 is 0 Å². The molecule has 3 heteroatoms. The molecule has 0 atom stereocenters. The first-order valence-electron chi connectivity index (χ1n) is 6.98. The van der Waals surface area contributed by atoms with Gasteiger partial charge in [0.2, 0.25) is 0 Å². The predicted molar refractivity (Wildman–Crippen MR) is 84.9 cm³/mol. The van der Waals surface area contributed by atoms with E-state index >= 15 is 0 Å². The number of aryl methyl sites for hydroxylation is 1. The zero-order valence-electron chi connectivity index (χ0n) is 11.5. The molecule has 0 spiro atoms. The summed E-state index contributed by atoms with van der Waals surface area (Å²) >= 11 is 3.65. The molecule has 1 N–H and O–H groups in total. The smallest absolute Gasteiger partial charge is 0.0870 e. The van der Waals surface area contributed by atoms with E-state index in [9.17, 15) is 0 Å². The molecule has 2 nitrogen and oxygen atoms in total. The summed E-state index contributed by atoms with van der Waals surface area (Å²) in [5, 5.41) is 4.58. The Kier molecular flexibility index (Phi) is 3.48. The Morgan fingerprint density at radius 1 is 1.26 bits per heavy atom. The van der Waals surface area contributed by atoms with Crippen LogP contribution in [0.3, 0.4) is 0 Å². The number of anilines is 1. The van der Waals surface area contributed by atoms with Gasteiger partial charge in [-0.15, -0.1) is 0 Å². The Balaban J connectivity index is 2.24. The maximum absolute atomic E-state index is 4.94. The van der Waals surface area contributed by atoms with Crippen molar-refractivity contribution in [3.05, 3.63) is 33.9 Å². The van der Waals surface area contributed by atoms with Crippen LogP contribution in [0.4, 0.5) is 5.69 Å². The number of hydrogen-bond donors (Lipinski definition) is 1. The first-order chi connectivity index (χ1) is 9.20. The second-order valence-corrected chi connectivity index (χ2v) is 6.27. The number of rotatable bonds is 2. The van der Waals surface area contributed by atoms with Gasteiger partial charge in [-0.2, -0.15) is 0 Å². The van der Waals surface area contributed by atoms with Gasteiger partial charge in [0, 0.05) is 34.2 Å². The quantitative estimate of drug-likeness (QED) is 0.842. The average molecular weight is 319 g/mol. The van der Waals surface area contributed by atoms with Crippen LogP contribution >= 0.6 is 15.9 Å². The summed E-state index contributed by atoms with van der Waals surface area (Å²) in [4.78, 5) is 4.94. The summed E-state index contributed by atoms with van der Waals surface area (Å²) in [7, 11) is 1.99. The largest absolute Gasteiger partial charge is 0.388 e. The van der Waals surface area contributed by atoms with Crippen LogP contribution in [-0.2, 0) is 0 Å². The zero-order valence-corrected chi connectivity index (χ0v) is 13.0. The normalized spacial score (nSPS) is 16.2. The lowest BCUT2D eigenvalue weighted by molar-refractivity contribution is 0.701. The summed E-state index contributed by atoms with van der Waals surface area (Å²) in [6.45, 7) is 2.15. The van der Waals surface area contributed by atoms with E-state index in [2.05, 4.69) is 46.4 Å². The Labute approximate surface area is 122 Å². The molecule has 0 unspecified atom stereocenters. The highest BCUT2D eigenvalue weighted by Gasteiger charge is 2.20. The number of nitrogens with one attached hydrogen (secondary N) is 1. The average Bonchev–Trinajstić information content (AvgIpc) is 2.96. The highest BCUT2D eigenvalue weighted by Crippen LogP contribution is 2.38. The molecular formula is C16H19BrN2. The number of aromatic nitrogens is 1. The lowest BCUT2D eigenvalue weighted by Crippen LogP contribution is -2.01. The Hall–Kier alpha value is -1.09. The molecule has 1 aromatic heterocycles. The molecule has 1 aromatic carbocycles. The Bertz CT molecular complexity index is 616. The van der Waals surface area contributed by atoms with E-state index in [4.69, 9.17) is 4.98 Å². The second-order valence-electron chi connectivity index (χ2n) is 5.41. The molecule has 100 valence electrons. The standard InChI is InChI=1S/C16H19BrN2/c1-10-7-8-12(17)16-15(10)14(18-2)9-13(19-16)11-5-3-4-6-11/h7-9,11H,3-6H2,1-2H3,(H,18,19). The van der Waals surface area contributed by atoms with Crippen LogP contribution in [0.2, 0.25) is 0 Å². The summed E-state index contributed by atoms with van der Waals surface area (Å²) in [5.41, 5.74) is 4.81.